The van der Waals surface area contributed by atoms with Gasteiger partial charge in [-0.05, 0) is 18.2 Å². The summed E-state index contributed by atoms with van der Waals surface area (Å²) in [6.45, 7) is 5.67. The fraction of sp³-hybridized carbons (Fsp3) is 0.462. The van der Waals surface area contributed by atoms with Gasteiger partial charge in [-0.25, -0.2) is 4.52 Å². The highest BCUT2D eigenvalue weighted by Gasteiger charge is 2.10. The molecule has 1 N–H and O–H groups in total. The van der Waals surface area contributed by atoms with Crippen LogP contribution in [-0.2, 0) is 6.42 Å². The summed E-state index contributed by atoms with van der Waals surface area (Å²) >= 11 is 0. The predicted molar refractivity (Wildman–Crippen MR) is 68.2 cm³/mol. The quantitative estimate of drug-likeness (QED) is 0.846. The maximum atomic E-state index is 4.57. The second kappa shape index (κ2) is 4.85. The van der Waals surface area contributed by atoms with Crippen molar-refractivity contribution in [1.29, 1.82) is 0 Å². The van der Waals surface area contributed by atoms with E-state index in [1.807, 2.05) is 16.8 Å². The molecule has 4 nitrogen and oxygen atoms in total. The average Bonchev–Trinajstić information content (AvgIpc) is 2.80. The normalized spacial score (nSPS) is 17.6. The molecule has 2 aromatic heterocycles. The van der Waals surface area contributed by atoms with Crippen LogP contribution in [0.3, 0.4) is 0 Å². The number of hydrogen-bond donors (Lipinski definition) is 1. The molecule has 90 valence electrons. The summed E-state index contributed by atoms with van der Waals surface area (Å²) in [6.07, 6.45) is 3.05. The van der Waals surface area contributed by atoms with Crippen molar-refractivity contribution in [1.82, 2.24) is 19.8 Å². The van der Waals surface area contributed by atoms with Gasteiger partial charge in [-0.1, -0.05) is 6.07 Å². The van der Waals surface area contributed by atoms with Crippen molar-refractivity contribution < 1.29 is 0 Å². The number of pyridine rings is 1. The van der Waals surface area contributed by atoms with E-state index >= 15 is 0 Å². The Balaban J connectivity index is 1.64. The van der Waals surface area contributed by atoms with E-state index in [1.54, 1.807) is 0 Å². The highest BCUT2D eigenvalue weighted by Crippen LogP contribution is 2.07. The van der Waals surface area contributed by atoms with Gasteiger partial charge in [-0.2, -0.15) is 5.10 Å². The first-order chi connectivity index (χ1) is 8.42. The summed E-state index contributed by atoms with van der Waals surface area (Å²) < 4.78 is 1.95. The molecule has 1 fully saturated rings. The lowest BCUT2D eigenvalue weighted by Crippen LogP contribution is -2.44. The molecule has 1 aliphatic heterocycles. The lowest BCUT2D eigenvalue weighted by Gasteiger charge is -2.26. The van der Waals surface area contributed by atoms with Crippen molar-refractivity contribution in [3.63, 3.8) is 0 Å². The van der Waals surface area contributed by atoms with E-state index in [0.29, 0.717) is 0 Å². The molecular weight excluding hydrogens is 212 g/mol. The number of piperazine rings is 1. The summed E-state index contributed by atoms with van der Waals surface area (Å²) in [7, 11) is 0. The molecule has 3 rings (SSSR count). The van der Waals surface area contributed by atoms with E-state index in [4.69, 9.17) is 0 Å². The Kier molecular flexibility index (Phi) is 3.07. The van der Waals surface area contributed by atoms with Gasteiger partial charge >= 0.3 is 0 Å². The molecule has 17 heavy (non-hydrogen) atoms. The number of fused-ring (bicyclic) bond motifs is 1. The van der Waals surface area contributed by atoms with Gasteiger partial charge in [0.1, 0.15) is 0 Å². The zero-order chi connectivity index (χ0) is 11.5. The molecule has 0 aliphatic carbocycles. The van der Waals surface area contributed by atoms with E-state index in [9.17, 15) is 0 Å². The lowest BCUT2D eigenvalue weighted by molar-refractivity contribution is 0.243. The molecule has 2 aromatic rings. The molecule has 1 saturated heterocycles. The Bertz CT molecular complexity index is 452. The monoisotopic (exact) mass is 230 g/mol. The zero-order valence-corrected chi connectivity index (χ0v) is 9.97. The summed E-state index contributed by atoms with van der Waals surface area (Å²) in [4.78, 5) is 2.50. The molecule has 0 spiro atoms. The van der Waals surface area contributed by atoms with Crippen molar-refractivity contribution >= 4 is 5.52 Å². The van der Waals surface area contributed by atoms with Gasteiger partial charge in [-0.3, -0.25) is 0 Å². The minimum Gasteiger partial charge on any atom is -0.314 e. The topological polar surface area (TPSA) is 32.6 Å². The van der Waals surface area contributed by atoms with Gasteiger partial charge in [0.2, 0.25) is 0 Å². The van der Waals surface area contributed by atoms with E-state index in [0.717, 1.165) is 39.1 Å². The Hall–Kier alpha value is -1.39. The van der Waals surface area contributed by atoms with Gasteiger partial charge in [-0.15, -0.1) is 0 Å². The second-order valence-corrected chi connectivity index (χ2v) is 4.55. The van der Waals surface area contributed by atoms with Gasteiger partial charge < -0.3 is 10.2 Å². The van der Waals surface area contributed by atoms with Crippen LogP contribution in [0.4, 0.5) is 0 Å². The summed E-state index contributed by atoms with van der Waals surface area (Å²) in [5.41, 5.74) is 2.37. The van der Waals surface area contributed by atoms with Gasteiger partial charge in [0.15, 0.2) is 0 Å². The molecule has 0 unspecified atom stereocenters. The number of aromatic nitrogens is 2. The smallest absolute Gasteiger partial charge is 0.0664 e. The van der Waals surface area contributed by atoms with Crippen LogP contribution in [0.1, 0.15) is 5.69 Å². The van der Waals surface area contributed by atoms with Crippen LogP contribution >= 0.6 is 0 Å². The Morgan fingerprint density at radius 3 is 2.94 bits per heavy atom. The van der Waals surface area contributed by atoms with Gasteiger partial charge in [0.25, 0.3) is 0 Å². The molecule has 1 aliphatic rings. The number of nitrogens with zero attached hydrogens (tertiary/aromatic N) is 3. The zero-order valence-electron chi connectivity index (χ0n) is 9.97. The predicted octanol–water partition coefficient (Wildman–Crippen LogP) is 0.782. The third-order valence-corrected chi connectivity index (χ3v) is 3.31. The van der Waals surface area contributed by atoms with E-state index in [1.165, 1.54) is 11.2 Å². The number of hydrogen-bond acceptors (Lipinski definition) is 3. The van der Waals surface area contributed by atoms with Crippen LogP contribution in [-0.4, -0.2) is 47.2 Å². The fourth-order valence-corrected chi connectivity index (χ4v) is 2.32. The van der Waals surface area contributed by atoms with Crippen LogP contribution in [0.15, 0.2) is 30.5 Å². The van der Waals surface area contributed by atoms with E-state index in [2.05, 4.69) is 33.5 Å². The summed E-state index contributed by atoms with van der Waals surface area (Å²) in [5.74, 6) is 0. The standard InChI is InChI=1S/C13H18N4/c1-2-7-17-13(3-1)11-12(15-17)4-8-16-9-5-14-6-10-16/h1-3,7,11,14H,4-6,8-10H2. The first-order valence-corrected chi connectivity index (χ1v) is 6.28. The van der Waals surface area contributed by atoms with Crippen LogP contribution in [0.2, 0.25) is 0 Å². The molecule has 0 atom stereocenters. The Morgan fingerprint density at radius 1 is 1.24 bits per heavy atom. The molecule has 0 radical (unpaired) electrons. The van der Waals surface area contributed by atoms with Crippen molar-refractivity contribution in [2.24, 2.45) is 0 Å². The summed E-state index contributed by atoms with van der Waals surface area (Å²) in [6, 6.07) is 8.35. The molecule has 0 saturated carbocycles. The average molecular weight is 230 g/mol. The Morgan fingerprint density at radius 2 is 2.12 bits per heavy atom. The van der Waals surface area contributed by atoms with E-state index in [-0.39, 0.29) is 0 Å². The van der Waals surface area contributed by atoms with Crippen LogP contribution in [0.25, 0.3) is 5.52 Å². The fourth-order valence-electron chi connectivity index (χ4n) is 2.32. The second-order valence-electron chi connectivity index (χ2n) is 4.55. The SMILES string of the molecule is c1ccn2nc(CCN3CCNCC3)cc2c1. The van der Waals surface area contributed by atoms with E-state index < -0.39 is 0 Å². The Labute approximate surface area is 101 Å². The van der Waals surface area contributed by atoms with Crippen molar-refractivity contribution in [3.05, 3.63) is 36.2 Å². The van der Waals surface area contributed by atoms with Crippen molar-refractivity contribution in [2.45, 2.75) is 6.42 Å². The first kappa shape index (κ1) is 10.7. The molecule has 0 amide bonds. The largest absolute Gasteiger partial charge is 0.314 e. The molecule has 0 aromatic carbocycles. The number of nitrogens with one attached hydrogen (secondary N) is 1. The molecule has 0 bridgehead atoms. The molecule has 4 heteroatoms. The van der Waals surface area contributed by atoms with Crippen molar-refractivity contribution in [3.8, 4) is 0 Å². The minimum absolute atomic E-state index is 1.04. The van der Waals surface area contributed by atoms with Gasteiger partial charge in [0, 0.05) is 45.3 Å². The third-order valence-electron chi connectivity index (χ3n) is 3.31. The maximum absolute atomic E-state index is 4.57. The van der Waals surface area contributed by atoms with Gasteiger partial charge in [0.05, 0.1) is 11.2 Å². The minimum atomic E-state index is 1.04. The van der Waals surface area contributed by atoms with Crippen molar-refractivity contribution in [2.75, 3.05) is 32.7 Å². The van der Waals surface area contributed by atoms with Crippen LogP contribution in [0, 0.1) is 0 Å². The van der Waals surface area contributed by atoms with Crippen LogP contribution in [0.5, 0.6) is 0 Å². The highest BCUT2D eigenvalue weighted by atomic mass is 15.2. The molecule has 3 heterocycles. The number of rotatable bonds is 3. The molecular formula is C13H18N4. The first-order valence-electron chi connectivity index (χ1n) is 6.28. The summed E-state index contributed by atoms with van der Waals surface area (Å²) in [5, 5.41) is 7.94. The maximum Gasteiger partial charge on any atom is 0.0664 e. The van der Waals surface area contributed by atoms with Crippen LogP contribution < -0.4 is 5.32 Å². The third kappa shape index (κ3) is 2.48. The highest BCUT2D eigenvalue weighted by molar-refractivity contribution is 5.46. The lowest BCUT2D eigenvalue weighted by atomic mass is 10.2.